The zero-order chi connectivity index (χ0) is 22.8. The molecule has 3 atom stereocenters. The molecule has 0 spiro atoms. The highest BCUT2D eigenvalue weighted by atomic mass is 32.2. The summed E-state index contributed by atoms with van der Waals surface area (Å²) in [6.45, 7) is 1.39. The monoisotopic (exact) mass is 468 g/mol. The second-order valence-corrected chi connectivity index (χ2v) is 10.5. The number of hydrogen-bond acceptors (Lipinski definition) is 5. The van der Waals surface area contributed by atoms with Crippen LogP contribution in [0.2, 0.25) is 0 Å². The zero-order valence-corrected chi connectivity index (χ0v) is 19.1. The van der Waals surface area contributed by atoms with E-state index in [-0.39, 0.29) is 18.1 Å². The van der Waals surface area contributed by atoms with Gasteiger partial charge >= 0.3 is 0 Å². The van der Waals surface area contributed by atoms with E-state index < -0.39 is 22.2 Å². The molecule has 7 nitrogen and oxygen atoms in total. The van der Waals surface area contributed by atoms with Gasteiger partial charge in [-0.05, 0) is 43.0 Å². The van der Waals surface area contributed by atoms with Crippen LogP contribution in [0.4, 0.5) is 0 Å². The van der Waals surface area contributed by atoms with Crippen molar-refractivity contribution in [2.45, 2.75) is 31.5 Å². The van der Waals surface area contributed by atoms with Crippen molar-refractivity contribution < 1.29 is 22.7 Å². The third-order valence-electron chi connectivity index (χ3n) is 6.27. The van der Waals surface area contributed by atoms with Crippen LogP contribution in [0, 0.1) is 5.92 Å². The molecule has 33 heavy (non-hydrogen) atoms. The minimum absolute atomic E-state index is 0.00712. The van der Waals surface area contributed by atoms with Gasteiger partial charge in [-0.2, -0.15) is 0 Å². The maximum absolute atomic E-state index is 12.8. The Morgan fingerprint density at radius 2 is 1.73 bits per heavy atom. The minimum atomic E-state index is -3.58. The molecule has 0 radical (unpaired) electrons. The van der Waals surface area contributed by atoms with Gasteiger partial charge in [0, 0.05) is 35.0 Å². The van der Waals surface area contributed by atoms with Gasteiger partial charge in [0.1, 0.15) is 5.76 Å². The Morgan fingerprint density at radius 3 is 2.33 bits per heavy atom. The first-order valence-corrected chi connectivity index (χ1v) is 12.9. The highest BCUT2D eigenvalue weighted by Crippen LogP contribution is 2.30. The Bertz CT molecular complexity index is 1270. The van der Waals surface area contributed by atoms with Gasteiger partial charge in [0.05, 0.1) is 30.8 Å². The Morgan fingerprint density at radius 1 is 1.03 bits per heavy atom. The van der Waals surface area contributed by atoms with Crippen molar-refractivity contribution in [2.75, 3.05) is 19.0 Å². The predicted octanol–water partition coefficient (Wildman–Crippen LogP) is 3.84. The molecule has 174 valence electrons. The Balaban J connectivity index is 1.38. The van der Waals surface area contributed by atoms with Crippen LogP contribution in [-0.2, 0) is 21.3 Å². The van der Waals surface area contributed by atoms with Crippen molar-refractivity contribution >= 4 is 31.8 Å². The fourth-order valence-electron chi connectivity index (χ4n) is 4.76. The Hall–Kier alpha value is -2.65. The van der Waals surface area contributed by atoms with Crippen LogP contribution in [0.3, 0.4) is 0 Å². The number of furan rings is 1. The normalized spacial score (nSPS) is 18.8. The maximum Gasteiger partial charge on any atom is 0.212 e. The van der Waals surface area contributed by atoms with Crippen molar-refractivity contribution in [1.82, 2.24) is 9.29 Å². The highest BCUT2D eigenvalue weighted by Gasteiger charge is 2.29. The average Bonchev–Trinajstić information content (AvgIpc) is 3.55. The molecule has 0 amide bonds. The van der Waals surface area contributed by atoms with Crippen molar-refractivity contribution in [2.24, 2.45) is 5.92 Å². The molecule has 0 aliphatic carbocycles. The van der Waals surface area contributed by atoms with E-state index in [4.69, 9.17) is 9.15 Å². The van der Waals surface area contributed by atoms with E-state index in [1.54, 1.807) is 12.1 Å². The standard InChI is InChI=1S/C25H28N2O5S/c28-19(15-27-23-8-3-1-6-20(23)21-7-2-4-9-24(21)27)14-22(25-10-5-12-32-25)26-33(29,30)17-18-11-13-31-16-18/h1-10,12,18-19,22,26,28H,11,13-17H2. The van der Waals surface area contributed by atoms with E-state index >= 15 is 0 Å². The van der Waals surface area contributed by atoms with Crippen LogP contribution in [0.1, 0.15) is 24.6 Å². The fourth-order valence-corrected chi connectivity index (χ4v) is 6.38. The van der Waals surface area contributed by atoms with Gasteiger partial charge in [0.2, 0.25) is 10.0 Å². The molecule has 2 aromatic heterocycles. The average molecular weight is 469 g/mol. The van der Waals surface area contributed by atoms with Crippen LogP contribution in [0.5, 0.6) is 0 Å². The van der Waals surface area contributed by atoms with Crippen LogP contribution in [0.15, 0.2) is 71.3 Å². The number of nitrogens with zero attached hydrogens (tertiary/aromatic N) is 1. The number of aliphatic hydroxyl groups is 1. The number of para-hydroxylation sites is 2. The minimum Gasteiger partial charge on any atom is -0.468 e. The topological polar surface area (TPSA) is 93.7 Å². The van der Waals surface area contributed by atoms with Gasteiger partial charge in [0.15, 0.2) is 0 Å². The smallest absolute Gasteiger partial charge is 0.212 e. The summed E-state index contributed by atoms with van der Waals surface area (Å²) in [5.41, 5.74) is 2.07. The summed E-state index contributed by atoms with van der Waals surface area (Å²) < 4.78 is 41.4. The number of hydrogen-bond donors (Lipinski definition) is 2. The molecule has 2 aromatic carbocycles. The molecule has 2 N–H and O–H groups in total. The second-order valence-electron chi connectivity index (χ2n) is 8.73. The molecular weight excluding hydrogens is 440 g/mol. The molecule has 1 saturated heterocycles. The van der Waals surface area contributed by atoms with Crippen molar-refractivity contribution in [3.63, 3.8) is 0 Å². The number of rotatable bonds is 9. The van der Waals surface area contributed by atoms with Crippen molar-refractivity contribution in [3.05, 3.63) is 72.7 Å². The third kappa shape index (κ3) is 4.84. The molecule has 1 fully saturated rings. The van der Waals surface area contributed by atoms with E-state index in [0.29, 0.717) is 25.5 Å². The summed E-state index contributed by atoms with van der Waals surface area (Å²) in [6, 6.07) is 19.0. The molecule has 5 rings (SSSR count). The summed E-state index contributed by atoms with van der Waals surface area (Å²) >= 11 is 0. The lowest BCUT2D eigenvalue weighted by atomic mass is 10.1. The lowest BCUT2D eigenvalue weighted by Gasteiger charge is -2.22. The van der Waals surface area contributed by atoms with Gasteiger partial charge in [0.25, 0.3) is 0 Å². The van der Waals surface area contributed by atoms with Gasteiger partial charge < -0.3 is 18.8 Å². The fraction of sp³-hybridized carbons (Fsp3) is 0.360. The number of ether oxygens (including phenoxy) is 1. The van der Waals surface area contributed by atoms with E-state index in [1.807, 2.05) is 36.4 Å². The second kappa shape index (κ2) is 9.30. The first-order chi connectivity index (χ1) is 16.0. The van der Waals surface area contributed by atoms with Crippen molar-refractivity contribution in [3.8, 4) is 0 Å². The van der Waals surface area contributed by atoms with Crippen LogP contribution in [0.25, 0.3) is 21.8 Å². The number of sulfonamides is 1. The summed E-state index contributed by atoms with van der Waals surface area (Å²) in [6.07, 6.45) is 1.65. The quantitative estimate of drug-likeness (QED) is 0.389. The first-order valence-electron chi connectivity index (χ1n) is 11.3. The van der Waals surface area contributed by atoms with Gasteiger partial charge in [-0.1, -0.05) is 36.4 Å². The maximum atomic E-state index is 12.8. The summed E-state index contributed by atoms with van der Waals surface area (Å²) in [4.78, 5) is 0. The molecule has 4 aromatic rings. The summed E-state index contributed by atoms with van der Waals surface area (Å²) in [7, 11) is -3.58. The Kier molecular flexibility index (Phi) is 6.25. The number of nitrogens with one attached hydrogen (secondary N) is 1. The van der Waals surface area contributed by atoms with E-state index in [2.05, 4.69) is 21.4 Å². The molecule has 0 saturated carbocycles. The largest absolute Gasteiger partial charge is 0.468 e. The van der Waals surface area contributed by atoms with Crippen LogP contribution < -0.4 is 4.72 Å². The van der Waals surface area contributed by atoms with Crippen molar-refractivity contribution in [1.29, 1.82) is 0 Å². The molecule has 1 aliphatic heterocycles. The molecule has 3 unspecified atom stereocenters. The lowest BCUT2D eigenvalue weighted by molar-refractivity contribution is 0.133. The zero-order valence-electron chi connectivity index (χ0n) is 18.3. The summed E-state index contributed by atoms with van der Waals surface area (Å²) in [5, 5.41) is 13.3. The summed E-state index contributed by atoms with van der Waals surface area (Å²) in [5.74, 6) is 0.484. The number of fused-ring (bicyclic) bond motifs is 3. The van der Waals surface area contributed by atoms with Crippen LogP contribution in [-0.4, -0.2) is 43.2 Å². The molecule has 8 heteroatoms. The van der Waals surface area contributed by atoms with Gasteiger partial charge in [-0.25, -0.2) is 13.1 Å². The number of benzene rings is 2. The number of aliphatic hydroxyl groups excluding tert-OH is 1. The SMILES string of the molecule is O=S(=O)(CC1CCOC1)NC(CC(O)Cn1c2ccccc2c2ccccc21)c1ccco1. The Labute approximate surface area is 193 Å². The molecule has 0 bridgehead atoms. The molecule has 3 heterocycles. The molecular formula is C25H28N2O5S. The van der Waals surface area contributed by atoms with Gasteiger partial charge in [-0.3, -0.25) is 0 Å². The van der Waals surface area contributed by atoms with E-state index in [9.17, 15) is 13.5 Å². The predicted molar refractivity (Wildman–Crippen MR) is 127 cm³/mol. The van der Waals surface area contributed by atoms with E-state index in [0.717, 1.165) is 28.2 Å². The molecule has 1 aliphatic rings. The van der Waals surface area contributed by atoms with Crippen LogP contribution >= 0.6 is 0 Å². The first kappa shape index (κ1) is 22.2. The van der Waals surface area contributed by atoms with E-state index in [1.165, 1.54) is 6.26 Å². The van der Waals surface area contributed by atoms with Gasteiger partial charge in [-0.15, -0.1) is 0 Å². The third-order valence-corrected chi connectivity index (χ3v) is 7.82. The lowest BCUT2D eigenvalue weighted by Crippen LogP contribution is -2.35. The number of aromatic nitrogens is 1. The highest BCUT2D eigenvalue weighted by molar-refractivity contribution is 7.89.